The number of methoxy groups -OCH3 is 1. The van der Waals surface area contributed by atoms with E-state index in [0.29, 0.717) is 32.0 Å². The molecule has 2 atom stereocenters. The Morgan fingerprint density at radius 3 is 2.58 bits per heavy atom. The molecule has 1 heterocycles. The third-order valence-electron chi connectivity index (χ3n) is 4.92. The largest absolute Gasteiger partial charge is 0.383 e. The number of aryl methyl sites for hydroxylation is 1. The van der Waals surface area contributed by atoms with E-state index < -0.39 is 0 Å². The number of amides is 2. The van der Waals surface area contributed by atoms with E-state index in [9.17, 15) is 9.59 Å². The number of nitrogens with zero attached hydrogens (tertiary/aromatic N) is 1. The second kappa shape index (κ2) is 7.34. The molecule has 0 bridgehead atoms. The van der Waals surface area contributed by atoms with Crippen LogP contribution in [0.15, 0.2) is 24.3 Å². The maximum absolute atomic E-state index is 12.7. The molecular weight excluding hydrogens is 304 g/mol. The smallest absolute Gasteiger partial charge is 0.225 e. The average molecular weight is 330 g/mol. The SMILES string of the molecule is COCCN1C(=O)CC[C@@H](C(=O)NC2CC2)[C@H]1c1ccc(C)cc1. The van der Waals surface area contributed by atoms with Crippen molar-refractivity contribution in [2.45, 2.75) is 44.7 Å². The monoisotopic (exact) mass is 330 g/mol. The van der Waals surface area contributed by atoms with Gasteiger partial charge in [0.05, 0.1) is 18.6 Å². The van der Waals surface area contributed by atoms with Crippen molar-refractivity contribution in [3.63, 3.8) is 0 Å². The molecule has 1 aliphatic heterocycles. The summed E-state index contributed by atoms with van der Waals surface area (Å²) in [4.78, 5) is 27.1. The molecule has 0 radical (unpaired) electrons. The van der Waals surface area contributed by atoms with Crippen LogP contribution in [-0.2, 0) is 14.3 Å². The minimum absolute atomic E-state index is 0.0815. The molecule has 0 aromatic heterocycles. The molecule has 1 saturated heterocycles. The number of piperidine rings is 1. The van der Waals surface area contributed by atoms with E-state index in [1.54, 1.807) is 7.11 Å². The molecule has 5 nitrogen and oxygen atoms in total. The fraction of sp³-hybridized carbons (Fsp3) is 0.579. The minimum atomic E-state index is -0.208. The summed E-state index contributed by atoms with van der Waals surface area (Å²) in [5, 5.41) is 3.12. The molecule has 0 unspecified atom stereocenters. The number of benzene rings is 1. The maximum atomic E-state index is 12.7. The highest BCUT2D eigenvalue weighted by Crippen LogP contribution is 2.37. The van der Waals surface area contributed by atoms with E-state index >= 15 is 0 Å². The van der Waals surface area contributed by atoms with Crippen LogP contribution in [0.25, 0.3) is 0 Å². The number of carbonyl (C=O) groups excluding carboxylic acids is 2. The zero-order valence-corrected chi connectivity index (χ0v) is 14.5. The van der Waals surface area contributed by atoms with Gasteiger partial charge in [-0.2, -0.15) is 0 Å². The summed E-state index contributed by atoms with van der Waals surface area (Å²) >= 11 is 0. The number of rotatable bonds is 6. The molecule has 2 aliphatic rings. The van der Waals surface area contributed by atoms with Crippen LogP contribution in [0.4, 0.5) is 0 Å². The van der Waals surface area contributed by atoms with Gasteiger partial charge in [0.1, 0.15) is 0 Å². The summed E-state index contributed by atoms with van der Waals surface area (Å²) in [5.74, 6) is -0.00560. The summed E-state index contributed by atoms with van der Waals surface area (Å²) in [6, 6.07) is 8.28. The molecule has 1 saturated carbocycles. The molecule has 0 spiro atoms. The molecule has 1 aromatic carbocycles. The van der Waals surface area contributed by atoms with Crippen molar-refractivity contribution in [3.05, 3.63) is 35.4 Å². The zero-order chi connectivity index (χ0) is 17.1. The third kappa shape index (κ3) is 3.78. The maximum Gasteiger partial charge on any atom is 0.225 e. The number of likely N-dealkylation sites (tertiary alicyclic amines) is 1. The second-order valence-electron chi connectivity index (χ2n) is 6.86. The van der Waals surface area contributed by atoms with Crippen molar-refractivity contribution in [3.8, 4) is 0 Å². The lowest BCUT2D eigenvalue weighted by Gasteiger charge is -2.41. The van der Waals surface area contributed by atoms with Gasteiger partial charge in [-0.1, -0.05) is 29.8 Å². The van der Waals surface area contributed by atoms with Gasteiger partial charge < -0.3 is 15.0 Å². The molecule has 5 heteroatoms. The highest BCUT2D eigenvalue weighted by Gasteiger charge is 2.41. The lowest BCUT2D eigenvalue weighted by atomic mass is 9.83. The Hall–Kier alpha value is -1.88. The van der Waals surface area contributed by atoms with Gasteiger partial charge in [-0.25, -0.2) is 0 Å². The lowest BCUT2D eigenvalue weighted by molar-refractivity contribution is -0.144. The number of hydrogen-bond acceptors (Lipinski definition) is 3. The quantitative estimate of drug-likeness (QED) is 0.870. The fourth-order valence-corrected chi connectivity index (χ4v) is 3.39. The first-order chi connectivity index (χ1) is 11.6. The molecule has 2 fully saturated rings. The first-order valence-corrected chi connectivity index (χ1v) is 8.75. The van der Waals surface area contributed by atoms with E-state index in [4.69, 9.17) is 4.74 Å². The van der Waals surface area contributed by atoms with Crippen LogP contribution in [0.5, 0.6) is 0 Å². The van der Waals surface area contributed by atoms with Gasteiger partial charge in [-0.15, -0.1) is 0 Å². The van der Waals surface area contributed by atoms with Crippen molar-refractivity contribution in [1.82, 2.24) is 10.2 Å². The Morgan fingerprint density at radius 2 is 1.96 bits per heavy atom. The van der Waals surface area contributed by atoms with Crippen LogP contribution >= 0.6 is 0 Å². The van der Waals surface area contributed by atoms with E-state index in [-0.39, 0.29) is 23.8 Å². The third-order valence-corrected chi connectivity index (χ3v) is 4.92. The molecular formula is C19H26N2O3. The Morgan fingerprint density at radius 1 is 1.25 bits per heavy atom. The summed E-state index contributed by atoms with van der Waals surface area (Å²) in [6.07, 6.45) is 3.17. The summed E-state index contributed by atoms with van der Waals surface area (Å²) < 4.78 is 5.17. The number of ether oxygens (including phenoxy) is 1. The number of nitrogens with one attached hydrogen (secondary N) is 1. The topological polar surface area (TPSA) is 58.6 Å². The molecule has 24 heavy (non-hydrogen) atoms. The van der Waals surface area contributed by atoms with Crippen molar-refractivity contribution >= 4 is 11.8 Å². The van der Waals surface area contributed by atoms with Crippen molar-refractivity contribution in [1.29, 1.82) is 0 Å². The second-order valence-corrected chi connectivity index (χ2v) is 6.86. The van der Waals surface area contributed by atoms with E-state index in [1.165, 1.54) is 5.56 Å². The Bertz CT molecular complexity index is 595. The first kappa shape index (κ1) is 17.0. The number of carbonyl (C=O) groups is 2. The first-order valence-electron chi connectivity index (χ1n) is 8.75. The van der Waals surface area contributed by atoms with Crippen LogP contribution < -0.4 is 5.32 Å². The van der Waals surface area contributed by atoms with Crippen LogP contribution in [0.1, 0.15) is 42.9 Å². The molecule has 1 aliphatic carbocycles. The summed E-state index contributed by atoms with van der Waals surface area (Å²) in [5.41, 5.74) is 2.20. The van der Waals surface area contributed by atoms with Crippen LogP contribution in [-0.4, -0.2) is 43.0 Å². The van der Waals surface area contributed by atoms with Gasteiger partial charge in [0.2, 0.25) is 11.8 Å². The Labute approximate surface area is 143 Å². The van der Waals surface area contributed by atoms with Crippen molar-refractivity contribution < 1.29 is 14.3 Å². The van der Waals surface area contributed by atoms with Gasteiger partial charge in [0, 0.05) is 26.1 Å². The Balaban J connectivity index is 1.88. The highest BCUT2D eigenvalue weighted by atomic mass is 16.5. The lowest BCUT2D eigenvalue weighted by Crippen LogP contribution is -2.49. The molecule has 2 amide bonds. The van der Waals surface area contributed by atoms with Gasteiger partial charge >= 0.3 is 0 Å². The van der Waals surface area contributed by atoms with Gasteiger partial charge in [0.25, 0.3) is 0 Å². The van der Waals surface area contributed by atoms with Crippen LogP contribution in [0.3, 0.4) is 0 Å². The summed E-state index contributed by atoms with van der Waals surface area (Å²) in [6.45, 7) is 3.03. The molecule has 1 aromatic rings. The minimum Gasteiger partial charge on any atom is -0.383 e. The normalized spacial score (nSPS) is 24.1. The predicted octanol–water partition coefficient (Wildman–Crippen LogP) is 2.20. The fourth-order valence-electron chi connectivity index (χ4n) is 3.39. The van der Waals surface area contributed by atoms with Gasteiger partial charge in [-0.05, 0) is 31.7 Å². The standard InChI is InChI=1S/C19H26N2O3/c1-13-3-5-14(6-4-13)18-16(19(23)20-15-7-8-15)9-10-17(22)21(18)11-12-24-2/h3-6,15-16,18H,7-12H2,1-2H3,(H,20,23)/t16-,18-/m1/s1. The predicted molar refractivity (Wildman–Crippen MR) is 91.4 cm³/mol. The molecule has 130 valence electrons. The molecule has 3 rings (SSSR count). The van der Waals surface area contributed by atoms with Crippen LogP contribution in [0.2, 0.25) is 0 Å². The van der Waals surface area contributed by atoms with E-state index in [1.807, 2.05) is 36.1 Å². The molecule has 1 N–H and O–H groups in total. The highest BCUT2D eigenvalue weighted by molar-refractivity contribution is 5.85. The van der Waals surface area contributed by atoms with Gasteiger partial charge in [0.15, 0.2) is 0 Å². The summed E-state index contributed by atoms with van der Waals surface area (Å²) in [7, 11) is 1.63. The Kier molecular flexibility index (Phi) is 5.19. The number of hydrogen-bond donors (Lipinski definition) is 1. The zero-order valence-electron chi connectivity index (χ0n) is 14.5. The van der Waals surface area contributed by atoms with Crippen molar-refractivity contribution in [2.75, 3.05) is 20.3 Å². The average Bonchev–Trinajstić information content (AvgIpc) is 3.38. The van der Waals surface area contributed by atoms with E-state index in [2.05, 4.69) is 5.32 Å². The van der Waals surface area contributed by atoms with Gasteiger partial charge in [-0.3, -0.25) is 9.59 Å². The van der Waals surface area contributed by atoms with Crippen molar-refractivity contribution in [2.24, 2.45) is 5.92 Å². The van der Waals surface area contributed by atoms with E-state index in [0.717, 1.165) is 18.4 Å². The van der Waals surface area contributed by atoms with Crippen LogP contribution in [0, 0.1) is 12.8 Å².